The molecule has 1 aliphatic heterocycles. The predicted octanol–water partition coefficient (Wildman–Crippen LogP) is 0.437. The summed E-state index contributed by atoms with van der Waals surface area (Å²) in [5, 5.41) is 9.06. The molecule has 3 N–H and O–H groups in total. The van der Waals surface area contributed by atoms with E-state index in [1.165, 1.54) is 11.0 Å². The minimum Gasteiger partial charge on any atom is -0.391 e. The van der Waals surface area contributed by atoms with Crippen LogP contribution in [0.5, 0.6) is 0 Å². The third-order valence-electron chi connectivity index (χ3n) is 5.25. The number of aliphatic hydroxyl groups is 1. The molecule has 7 nitrogen and oxygen atoms in total. The number of hydrogen-bond donors (Lipinski definition) is 3. The molecule has 0 aliphatic carbocycles. The normalized spacial score (nSPS) is 15.3. The minimum atomic E-state index is -3.81. The smallest absolute Gasteiger partial charge is 0.262 e. The van der Waals surface area contributed by atoms with Crippen LogP contribution in [0.25, 0.3) is 0 Å². The topological polar surface area (TPSA) is 91.2 Å². The zero-order valence-electron chi connectivity index (χ0n) is 16.8. The Kier molecular flexibility index (Phi) is 6.56. The lowest BCUT2D eigenvalue weighted by Crippen LogP contribution is -3.15. The third-order valence-corrected chi connectivity index (χ3v) is 6.77. The van der Waals surface area contributed by atoms with E-state index < -0.39 is 10.0 Å². The predicted molar refractivity (Wildman–Crippen MR) is 112 cm³/mol. The molecule has 0 unspecified atom stereocenters. The maximum atomic E-state index is 12.9. The van der Waals surface area contributed by atoms with Crippen molar-refractivity contribution in [3.8, 4) is 0 Å². The second kappa shape index (κ2) is 8.94. The number of carbonyl (C=O) groups excluding carboxylic acids is 1. The van der Waals surface area contributed by atoms with E-state index in [4.69, 9.17) is 5.11 Å². The molecular formula is C21H28N3O4S+. The Bertz CT molecular complexity index is 966. The molecule has 1 amide bonds. The van der Waals surface area contributed by atoms with Gasteiger partial charge in [0.1, 0.15) is 6.54 Å². The van der Waals surface area contributed by atoms with Gasteiger partial charge in [-0.15, -0.1) is 0 Å². The van der Waals surface area contributed by atoms with Crippen molar-refractivity contribution in [3.63, 3.8) is 0 Å². The van der Waals surface area contributed by atoms with Crippen molar-refractivity contribution in [2.75, 3.05) is 44.1 Å². The van der Waals surface area contributed by atoms with Crippen LogP contribution in [-0.4, -0.2) is 63.7 Å². The lowest BCUT2D eigenvalue weighted by Gasteiger charge is -2.32. The van der Waals surface area contributed by atoms with Gasteiger partial charge >= 0.3 is 0 Å². The highest BCUT2D eigenvalue weighted by atomic mass is 32.2. The fraction of sp³-hybridized carbons (Fsp3) is 0.381. The molecule has 0 saturated carbocycles. The average Bonchev–Trinajstić information content (AvgIpc) is 2.70. The number of carbonyl (C=O) groups is 1. The molecule has 0 bridgehead atoms. The van der Waals surface area contributed by atoms with Crippen LogP contribution in [0, 0.1) is 13.8 Å². The summed E-state index contributed by atoms with van der Waals surface area (Å²) in [7, 11) is -3.81. The van der Waals surface area contributed by atoms with Crippen LogP contribution in [0.4, 0.5) is 5.69 Å². The molecule has 29 heavy (non-hydrogen) atoms. The first kappa shape index (κ1) is 21.3. The van der Waals surface area contributed by atoms with Gasteiger partial charge in [-0.25, -0.2) is 8.42 Å². The number of quaternary nitrogens is 1. The SMILES string of the molecule is Cc1ccc(NS(=O)(=O)c2cc(C(=O)N3CC[NH+](CCO)CC3)ccc2C)cc1. The summed E-state index contributed by atoms with van der Waals surface area (Å²) in [5.74, 6) is -0.167. The Hall–Kier alpha value is -2.42. The lowest BCUT2D eigenvalue weighted by molar-refractivity contribution is -0.904. The summed E-state index contributed by atoms with van der Waals surface area (Å²) in [6.07, 6.45) is 0. The van der Waals surface area contributed by atoms with Crippen molar-refractivity contribution in [1.82, 2.24) is 4.90 Å². The summed E-state index contributed by atoms with van der Waals surface area (Å²) < 4.78 is 28.4. The largest absolute Gasteiger partial charge is 0.391 e. The molecule has 1 fully saturated rings. The second-order valence-corrected chi connectivity index (χ2v) is 9.12. The second-order valence-electron chi connectivity index (χ2n) is 7.47. The number of aryl methyl sites for hydroxylation is 2. The number of piperazine rings is 1. The van der Waals surface area contributed by atoms with E-state index in [0.717, 1.165) is 18.7 Å². The highest BCUT2D eigenvalue weighted by Gasteiger charge is 2.26. The van der Waals surface area contributed by atoms with Gasteiger partial charge in [0.05, 0.1) is 37.7 Å². The highest BCUT2D eigenvalue weighted by molar-refractivity contribution is 7.92. The van der Waals surface area contributed by atoms with Gasteiger partial charge < -0.3 is 14.9 Å². The summed E-state index contributed by atoms with van der Waals surface area (Å²) in [4.78, 5) is 16.0. The summed E-state index contributed by atoms with van der Waals surface area (Å²) in [6.45, 7) is 7.20. The van der Waals surface area contributed by atoms with E-state index in [1.807, 2.05) is 19.1 Å². The van der Waals surface area contributed by atoms with Gasteiger partial charge in [0.25, 0.3) is 15.9 Å². The number of benzene rings is 2. The Morgan fingerprint density at radius 3 is 2.38 bits per heavy atom. The van der Waals surface area contributed by atoms with E-state index in [0.29, 0.717) is 36.4 Å². The van der Waals surface area contributed by atoms with E-state index in [2.05, 4.69) is 4.72 Å². The van der Waals surface area contributed by atoms with Crippen LogP contribution >= 0.6 is 0 Å². The van der Waals surface area contributed by atoms with E-state index in [-0.39, 0.29) is 17.4 Å². The van der Waals surface area contributed by atoms with Crippen molar-refractivity contribution < 1.29 is 23.2 Å². The van der Waals surface area contributed by atoms with Crippen molar-refractivity contribution in [2.45, 2.75) is 18.7 Å². The van der Waals surface area contributed by atoms with E-state index in [1.54, 1.807) is 36.1 Å². The van der Waals surface area contributed by atoms with Crippen LogP contribution in [-0.2, 0) is 10.0 Å². The van der Waals surface area contributed by atoms with Gasteiger partial charge in [-0.1, -0.05) is 23.8 Å². The minimum absolute atomic E-state index is 0.105. The van der Waals surface area contributed by atoms with Gasteiger partial charge in [-0.05, 0) is 43.7 Å². The molecule has 3 rings (SSSR count). The first-order chi connectivity index (χ1) is 13.8. The summed E-state index contributed by atoms with van der Waals surface area (Å²) >= 11 is 0. The van der Waals surface area contributed by atoms with Crippen LogP contribution in [0.3, 0.4) is 0 Å². The van der Waals surface area contributed by atoms with Gasteiger partial charge in [-0.3, -0.25) is 9.52 Å². The van der Waals surface area contributed by atoms with E-state index in [9.17, 15) is 13.2 Å². The maximum Gasteiger partial charge on any atom is 0.262 e. The molecule has 0 aromatic heterocycles. The summed E-state index contributed by atoms with van der Waals surface area (Å²) in [5.41, 5.74) is 2.47. The fourth-order valence-electron chi connectivity index (χ4n) is 3.47. The zero-order valence-corrected chi connectivity index (χ0v) is 17.6. The molecule has 2 aromatic carbocycles. The molecule has 1 saturated heterocycles. The number of hydrogen-bond acceptors (Lipinski definition) is 4. The quantitative estimate of drug-likeness (QED) is 0.635. The van der Waals surface area contributed by atoms with Crippen molar-refractivity contribution in [3.05, 3.63) is 59.2 Å². The Morgan fingerprint density at radius 2 is 1.76 bits per heavy atom. The molecule has 1 aliphatic rings. The number of nitrogens with one attached hydrogen (secondary N) is 2. The number of amides is 1. The van der Waals surface area contributed by atoms with Crippen LogP contribution in [0.15, 0.2) is 47.4 Å². The Morgan fingerprint density at radius 1 is 1.10 bits per heavy atom. The van der Waals surface area contributed by atoms with Gasteiger partial charge in [0.2, 0.25) is 0 Å². The Balaban J connectivity index is 1.78. The highest BCUT2D eigenvalue weighted by Crippen LogP contribution is 2.22. The molecule has 8 heteroatoms. The standard InChI is InChI=1S/C21H27N3O4S/c1-16-3-7-19(8-4-16)22-29(27,28)20-15-18(6-5-17(20)2)21(26)24-11-9-23(10-12-24)13-14-25/h3-8,15,22,25H,9-14H2,1-2H3/p+1. The zero-order chi connectivity index (χ0) is 21.0. The van der Waals surface area contributed by atoms with Crippen LogP contribution < -0.4 is 9.62 Å². The summed E-state index contributed by atoms with van der Waals surface area (Å²) in [6, 6.07) is 11.9. The molecule has 0 atom stereocenters. The number of aliphatic hydroxyl groups excluding tert-OH is 1. The number of nitrogens with zero attached hydrogens (tertiary/aromatic N) is 1. The number of sulfonamides is 1. The third kappa shape index (κ3) is 5.14. The van der Waals surface area contributed by atoms with Gasteiger partial charge in [0.15, 0.2) is 0 Å². The number of anilines is 1. The van der Waals surface area contributed by atoms with Crippen molar-refractivity contribution in [2.24, 2.45) is 0 Å². The molecule has 0 radical (unpaired) electrons. The fourth-order valence-corrected chi connectivity index (χ4v) is 4.80. The van der Waals surface area contributed by atoms with Crippen LogP contribution in [0.1, 0.15) is 21.5 Å². The number of rotatable bonds is 6. The first-order valence-electron chi connectivity index (χ1n) is 9.74. The molecule has 2 aromatic rings. The average molecular weight is 419 g/mol. The molecule has 1 heterocycles. The maximum absolute atomic E-state index is 12.9. The van der Waals surface area contributed by atoms with Crippen molar-refractivity contribution >= 4 is 21.6 Å². The molecule has 156 valence electrons. The van der Waals surface area contributed by atoms with E-state index >= 15 is 0 Å². The molecular weight excluding hydrogens is 390 g/mol. The van der Waals surface area contributed by atoms with Gasteiger partial charge in [0, 0.05) is 11.3 Å². The monoisotopic (exact) mass is 418 g/mol. The van der Waals surface area contributed by atoms with Crippen LogP contribution in [0.2, 0.25) is 0 Å². The van der Waals surface area contributed by atoms with Gasteiger partial charge in [-0.2, -0.15) is 0 Å². The first-order valence-corrected chi connectivity index (χ1v) is 11.2. The molecule has 0 spiro atoms. The Labute approximate surface area is 172 Å². The van der Waals surface area contributed by atoms with Crippen molar-refractivity contribution in [1.29, 1.82) is 0 Å². The lowest BCUT2D eigenvalue weighted by atomic mass is 10.1.